The Labute approximate surface area is 196 Å². The number of carbonyl (C=O) groups excluding carboxylic acids is 2. The van der Waals surface area contributed by atoms with Crippen molar-refractivity contribution in [3.8, 4) is 11.5 Å². The number of allylic oxidation sites excluding steroid dienone is 1. The summed E-state index contributed by atoms with van der Waals surface area (Å²) in [6, 6.07) is 12.9. The molecule has 0 fully saturated rings. The summed E-state index contributed by atoms with van der Waals surface area (Å²) in [5, 5.41) is 14.7. The largest absolute Gasteiger partial charge is 0.493 e. The number of Topliss-reactive ketones (excluding diaryl/α,β-unsaturated/α-hetero) is 2. The Hall–Kier alpha value is -2.64. The van der Waals surface area contributed by atoms with Gasteiger partial charge in [-0.15, -0.1) is 0 Å². The Morgan fingerprint density at radius 1 is 1.06 bits per heavy atom. The quantitative estimate of drug-likeness (QED) is 0.563. The lowest BCUT2D eigenvalue weighted by molar-refractivity contribution is -0.131. The number of methoxy groups -OCH3 is 2. The van der Waals surface area contributed by atoms with E-state index >= 15 is 0 Å². The molecule has 1 aliphatic carbocycles. The minimum absolute atomic E-state index is 0.145. The number of nitrogens with one attached hydrogen (secondary N) is 1. The van der Waals surface area contributed by atoms with Gasteiger partial charge in [-0.05, 0) is 62.7 Å². The zero-order valence-corrected chi connectivity index (χ0v) is 20.4. The third-order valence-electron chi connectivity index (χ3n) is 5.90. The van der Waals surface area contributed by atoms with Gasteiger partial charge in [0.15, 0.2) is 17.3 Å². The first kappa shape index (κ1) is 24.0. The first-order valence-electron chi connectivity index (χ1n) is 10.3. The topological polar surface area (TPSA) is 84.9 Å². The molecule has 3 atom stereocenters. The van der Waals surface area contributed by atoms with Gasteiger partial charge in [0.1, 0.15) is 5.78 Å². The summed E-state index contributed by atoms with van der Waals surface area (Å²) in [5.41, 5.74) is 1.20. The number of hydrogen-bond donors (Lipinski definition) is 2. The van der Waals surface area contributed by atoms with Gasteiger partial charge >= 0.3 is 0 Å². The van der Waals surface area contributed by atoms with Crippen molar-refractivity contribution in [1.82, 2.24) is 0 Å². The van der Waals surface area contributed by atoms with E-state index in [2.05, 4.69) is 21.2 Å². The van der Waals surface area contributed by atoms with E-state index in [4.69, 9.17) is 9.47 Å². The fourth-order valence-corrected chi connectivity index (χ4v) is 4.87. The van der Waals surface area contributed by atoms with Gasteiger partial charge in [-0.2, -0.15) is 0 Å². The molecule has 32 heavy (non-hydrogen) atoms. The maximum Gasteiger partial charge on any atom is 0.161 e. The third kappa shape index (κ3) is 4.74. The number of ether oxygens (including phenoxy) is 2. The van der Waals surface area contributed by atoms with Crippen LogP contribution in [0.2, 0.25) is 0 Å². The Morgan fingerprint density at radius 3 is 2.22 bits per heavy atom. The van der Waals surface area contributed by atoms with Gasteiger partial charge in [-0.1, -0.05) is 22.0 Å². The monoisotopic (exact) mass is 501 g/mol. The lowest BCUT2D eigenvalue weighted by Crippen LogP contribution is -2.48. The summed E-state index contributed by atoms with van der Waals surface area (Å²) in [6.45, 7) is 4.59. The number of rotatable bonds is 7. The van der Waals surface area contributed by atoms with Crippen LogP contribution in [0.1, 0.15) is 38.7 Å². The van der Waals surface area contributed by atoms with Crippen LogP contribution in [-0.2, 0) is 9.59 Å². The molecule has 0 bridgehead atoms. The molecule has 0 amide bonds. The average molecular weight is 502 g/mol. The molecule has 6 nitrogen and oxygen atoms in total. The highest BCUT2D eigenvalue weighted by atomic mass is 79.9. The number of anilines is 1. The molecule has 0 saturated carbocycles. The first-order valence-corrected chi connectivity index (χ1v) is 11.1. The lowest BCUT2D eigenvalue weighted by atomic mass is 9.64. The Morgan fingerprint density at radius 2 is 1.69 bits per heavy atom. The van der Waals surface area contributed by atoms with E-state index in [0.717, 1.165) is 10.2 Å². The molecule has 0 saturated heterocycles. The van der Waals surface area contributed by atoms with E-state index in [0.29, 0.717) is 28.3 Å². The second kappa shape index (κ2) is 9.46. The Balaban J connectivity index is 2.23. The van der Waals surface area contributed by atoms with Crippen molar-refractivity contribution in [3.63, 3.8) is 0 Å². The highest BCUT2D eigenvalue weighted by Gasteiger charge is 2.49. The minimum Gasteiger partial charge on any atom is -0.493 e. The molecule has 0 aromatic heterocycles. The molecule has 0 aliphatic heterocycles. The predicted molar refractivity (Wildman–Crippen MR) is 127 cm³/mol. The normalized spacial score (nSPS) is 23.0. The van der Waals surface area contributed by atoms with Gasteiger partial charge in [0, 0.05) is 33.8 Å². The van der Waals surface area contributed by atoms with E-state index in [1.54, 1.807) is 26.2 Å². The van der Waals surface area contributed by atoms with Gasteiger partial charge in [0.05, 0.1) is 25.7 Å². The molecule has 2 aromatic rings. The van der Waals surface area contributed by atoms with E-state index < -0.39 is 17.4 Å². The SMILES string of the molecule is COc1ccc([C@H]2C(C(C)=O)=C(Nc3ccc(Br)cc3)C[C@@](C)(O)[C@@H]2C(C)=O)cc1OC. The standard InChI is InChI=1S/C25H28BrNO5/c1-14(28)22-19(27-18-9-7-17(26)8-10-18)13-25(3,30)24(15(2)29)23(22)16-6-11-20(31-4)21(12-16)32-5/h6-12,23-24,27,30H,13H2,1-5H3/t23-,24+,25+/m0/s1. The van der Waals surface area contributed by atoms with Crippen molar-refractivity contribution in [2.75, 3.05) is 19.5 Å². The summed E-state index contributed by atoms with van der Waals surface area (Å²) >= 11 is 3.42. The van der Waals surface area contributed by atoms with E-state index in [1.807, 2.05) is 30.3 Å². The number of halogens is 1. The second-order valence-electron chi connectivity index (χ2n) is 8.29. The smallest absolute Gasteiger partial charge is 0.161 e. The number of aliphatic hydroxyl groups is 1. The Bertz CT molecular complexity index is 1060. The van der Waals surface area contributed by atoms with Gasteiger partial charge in [0.25, 0.3) is 0 Å². The summed E-state index contributed by atoms with van der Waals surface area (Å²) < 4.78 is 11.7. The van der Waals surface area contributed by atoms with Crippen LogP contribution < -0.4 is 14.8 Å². The van der Waals surface area contributed by atoms with Crippen LogP contribution in [0.15, 0.2) is 58.2 Å². The zero-order valence-electron chi connectivity index (χ0n) is 18.9. The average Bonchev–Trinajstić information content (AvgIpc) is 2.73. The van der Waals surface area contributed by atoms with Crippen molar-refractivity contribution < 1.29 is 24.2 Å². The fraction of sp³-hybridized carbons (Fsp3) is 0.360. The predicted octanol–water partition coefficient (Wildman–Crippen LogP) is 4.87. The molecular weight excluding hydrogens is 474 g/mol. The van der Waals surface area contributed by atoms with Gasteiger partial charge < -0.3 is 19.9 Å². The number of benzene rings is 2. The number of ketones is 2. The Kier molecular flexibility index (Phi) is 7.10. The van der Waals surface area contributed by atoms with Gasteiger partial charge in [-0.3, -0.25) is 9.59 Å². The molecule has 1 aliphatic rings. The number of carbonyl (C=O) groups is 2. The molecule has 0 unspecified atom stereocenters. The van der Waals surface area contributed by atoms with Crippen molar-refractivity contribution in [3.05, 3.63) is 63.8 Å². The van der Waals surface area contributed by atoms with Crippen LogP contribution in [-0.4, -0.2) is 36.5 Å². The molecule has 2 aromatic carbocycles. The minimum atomic E-state index is -1.36. The van der Waals surface area contributed by atoms with Crippen LogP contribution in [0.25, 0.3) is 0 Å². The van der Waals surface area contributed by atoms with Crippen LogP contribution in [0.4, 0.5) is 5.69 Å². The number of hydrogen-bond acceptors (Lipinski definition) is 6. The van der Waals surface area contributed by atoms with Gasteiger partial charge in [0.2, 0.25) is 0 Å². The summed E-state index contributed by atoms with van der Waals surface area (Å²) in [5.74, 6) is -0.758. The van der Waals surface area contributed by atoms with Crippen molar-refractivity contribution in [2.45, 2.75) is 38.7 Å². The summed E-state index contributed by atoms with van der Waals surface area (Å²) in [6.07, 6.45) is 0.145. The van der Waals surface area contributed by atoms with E-state index in [-0.39, 0.29) is 18.0 Å². The fourth-order valence-electron chi connectivity index (χ4n) is 4.60. The molecule has 2 N–H and O–H groups in total. The van der Waals surface area contributed by atoms with Crippen LogP contribution in [0, 0.1) is 5.92 Å². The maximum atomic E-state index is 12.9. The molecule has 0 radical (unpaired) electrons. The summed E-state index contributed by atoms with van der Waals surface area (Å²) in [4.78, 5) is 25.7. The highest BCUT2D eigenvalue weighted by molar-refractivity contribution is 9.10. The van der Waals surface area contributed by atoms with Crippen molar-refractivity contribution in [2.24, 2.45) is 5.92 Å². The molecular formula is C25H28BrNO5. The van der Waals surface area contributed by atoms with Crippen LogP contribution >= 0.6 is 15.9 Å². The van der Waals surface area contributed by atoms with Crippen molar-refractivity contribution >= 4 is 33.2 Å². The third-order valence-corrected chi connectivity index (χ3v) is 6.43. The van der Waals surface area contributed by atoms with E-state index in [1.165, 1.54) is 21.0 Å². The van der Waals surface area contributed by atoms with Gasteiger partial charge in [-0.25, -0.2) is 0 Å². The van der Waals surface area contributed by atoms with Crippen molar-refractivity contribution in [1.29, 1.82) is 0 Å². The molecule has 170 valence electrons. The van der Waals surface area contributed by atoms with Crippen LogP contribution in [0.3, 0.4) is 0 Å². The molecule has 3 rings (SSSR count). The first-order chi connectivity index (χ1) is 15.1. The lowest BCUT2D eigenvalue weighted by Gasteiger charge is -2.43. The zero-order chi connectivity index (χ0) is 23.6. The van der Waals surface area contributed by atoms with E-state index in [9.17, 15) is 14.7 Å². The molecule has 7 heteroatoms. The van der Waals surface area contributed by atoms with Crippen LogP contribution in [0.5, 0.6) is 11.5 Å². The summed E-state index contributed by atoms with van der Waals surface area (Å²) in [7, 11) is 3.08. The molecule has 0 heterocycles. The molecule has 0 spiro atoms. The second-order valence-corrected chi connectivity index (χ2v) is 9.21. The maximum absolute atomic E-state index is 12.9. The highest BCUT2D eigenvalue weighted by Crippen LogP contribution is 2.49.